The van der Waals surface area contributed by atoms with Gasteiger partial charge in [-0.2, -0.15) is 0 Å². The van der Waals surface area contributed by atoms with Crippen LogP contribution in [0, 0.1) is 6.92 Å². The van der Waals surface area contributed by atoms with Gasteiger partial charge in [0.15, 0.2) is 5.82 Å². The fraction of sp³-hybridized carbons (Fsp3) is 0.444. The number of hydrogen-bond acceptors (Lipinski definition) is 6. The van der Waals surface area contributed by atoms with E-state index < -0.39 is 18.1 Å². The number of aromatic nitrogens is 1. The van der Waals surface area contributed by atoms with Gasteiger partial charge in [0.2, 0.25) is 0 Å². The molecule has 0 aliphatic rings. The Morgan fingerprint density at radius 3 is 2.50 bits per heavy atom. The molecule has 0 fully saturated rings. The van der Waals surface area contributed by atoms with Crippen LogP contribution < -0.4 is 4.31 Å². The quantitative estimate of drug-likeness (QED) is 0.0561. The number of halogens is 2. The van der Waals surface area contributed by atoms with Crippen molar-refractivity contribution in [1.29, 1.82) is 0 Å². The molecule has 0 saturated heterocycles. The summed E-state index contributed by atoms with van der Waals surface area (Å²) < 4.78 is 47.7. The van der Waals surface area contributed by atoms with E-state index in [9.17, 15) is 8.42 Å². The molecule has 0 N–H and O–H groups in total. The molecule has 3 aromatic rings. The molecule has 0 atom stereocenters. The van der Waals surface area contributed by atoms with Crippen molar-refractivity contribution in [2.75, 3.05) is 24.2 Å². The first-order valence-electron chi connectivity index (χ1n) is 12.5. The van der Waals surface area contributed by atoms with Gasteiger partial charge in [0.05, 0.1) is 11.5 Å². The van der Waals surface area contributed by atoms with Gasteiger partial charge in [0.25, 0.3) is 10.0 Å². The summed E-state index contributed by atoms with van der Waals surface area (Å²) in [6.07, 6.45) is 0. The monoisotopic (exact) mass is 734 g/mol. The fourth-order valence-electron chi connectivity index (χ4n) is 3.86. The number of sulfonamides is 1. The summed E-state index contributed by atoms with van der Waals surface area (Å²) in [5.74, 6) is 0.859. The number of hydrogen-bond donors (Lipinski definition) is 0. The van der Waals surface area contributed by atoms with E-state index >= 15 is 0 Å². The third kappa shape index (κ3) is 7.69. The van der Waals surface area contributed by atoms with Crippen molar-refractivity contribution in [2.24, 2.45) is 0 Å². The van der Waals surface area contributed by atoms with Crippen LogP contribution in [0.15, 0.2) is 51.9 Å². The second-order valence-corrected chi connectivity index (χ2v) is 18.9. The van der Waals surface area contributed by atoms with Crippen LogP contribution in [-0.2, 0) is 35.9 Å². The summed E-state index contributed by atoms with van der Waals surface area (Å²) in [5, 5.41) is 4.85. The summed E-state index contributed by atoms with van der Waals surface area (Å²) in [7, 11) is -5.43. The van der Waals surface area contributed by atoms with Crippen LogP contribution >= 0.6 is 38.5 Å². The lowest BCUT2D eigenvalue weighted by Crippen LogP contribution is -2.35. The highest BCUT2D eigenvalue weighted by Crippen LogP contribution is 2.36. The first kappa shape index (κ1) is 31.3. The molecule has 0 aliphatic carbocycles. The van der Waals surface area contributed by atoms with Gasteiger partial charge in [-0.15, -0.1) is 0 Å². The van der Waals surface area contributed by atoms with E-state index in [1.54, 1.807) is 19.1 Å². The van der Waals surface area contributed by atoms with Crippen molar-refractivity contribution >= 4 is 62.4 Å². The Balaban J connectivity index is 2.11. The standard InChI is InChI=1S/C27H36BrIN2O5SSi/c1-6-34-18-22-15-21(16-28)11-12-23(22)24-9-7-8-10-26(24)37(32,33)31(19-35-13-14-38(3,4)5)27-25(17-29)20(2)36-30-27/h7-12,15H,6,13-14,16-19H2,1-5H3. The smallest absolute Gasteiger partial charge is 0.268 e. The van der Waals surface area contributed by atoms with E-state index in [1.165, 1.54) is 4.31 Å². The number of nitrogens with zero attached hydrogens (tertiary/aromatic N) is 2. The molecular formula is C27H36BrIN2O5SSi. The number of aryl methyl sites for hydroxylation is 1. The van der Waals surface area contributed by atoms with Crippen molar-refractivity contribution in [3.8, 4) is 11.1 Å². The Morgan fingerprint density at radius 2 is 1.84 bits per heavy atom. The molecule has 11 heteroatoms. The SMILES string of the molecule is CCOCc1cc(CBr)ccc1-c1ccccc1S(=O)(=O)N(COCC[Si](C)(C)C)c1noc(C)c1CI. The van der Waals surface area contributed by atoms with Gasteiger partial charge in [0, 0.05) is 42.2 Å². The Kier molecular flexibility index (Phi) is 11.4. The molecule has 0 spiro atoms. The Labute approximate surface area is 249 Å². The van der Waals surface area contributed by atoms with Crippen LogP contribution in [-0.4, -0.2) is 41.6 Å². The summed E-state index contributed by atoms with van der Waals surface area (Å²) >= 11 is 5.72. The van der Waals surface area contributed by atoms with E-state index in [4.69, 9.17) is 14.0 Å². The molecule has 2 aromatic carbocycles. The zero-order chi connectivity index (χ0) is 27.9. The molecule has 7 nitrogen and oxygen atoms in total. The van der Waals surface area contributed by atoms with Gasteiger partial charge in [0.1, 0.15) is 12.5 Å². The largest absolute Gasteiger partial charge is 0.377 e. The highest BCUT2D eigenvalue weighted by molar-refractivity contribution is 14.1. The molecule has 0 aliphatic heterocycles. The van der Waals surface area contributed by atoms with Crippen molar-refractivity contribution in [1.82, 2.24) is 5.16 Å². The van der Waals surface area contributed by atoms with Crippen molar-refractivity contribution in [3.05, 3.63) is 64.9 Å². The van der Waals surface area contributed by atoms with Crippen LogP contribution in [0.3, 0.4) is 0 Å². The van der Waals surface area contributed by atoms with Crippen LogP contribution in [0.1, 0.15) is 29.4 Å². The van der Waals surface area contributed by atoms with Crippen LogP contribution in [0.5, 0.6) is 0 Å². The Bertz CT molecular complexity index is 1330. The first-order valence-corrected chi connectivity index (χ1v) is 20.3. The summed E-state index contributed by atoms with van der Waals surface area (Å²) in [6, 6.07) is 14.0. The molecule has 1 heterocycles. The van der Waals surface area contributed by atoms with E-state index in [2.05, 4.69) is 69.4 Å². The average molecular weight is 736 g/mol. The molecule has 38 heavy (non-hydrogen) atoms. The molecule has 0 unspecified atom stereocenters. The fourth-order valence-corrected chi connectivity index (χ4v) is 7.37. The maximum atomic E-state index is 14.4. The molecule has 0 bridgehead atoms. The molecule has 1 aromatic heterocycles. The summed E-state index contributed by atoms with van der Waals surface area (Å²) in [5.41, 5.74) is 4.17. The Hall–Kier alpha value is -1.25. The third-order valence-corrected chi connectivity index (χ3v) is 11.0. The van der Waals surface area contributed by atoms with Gasteiger partial charge in [-0.3, -0.25) is 0 Å². The lowest BCUT2D eigenvalue weighted by molar-refractivity contribution is 0.134. The average Bonchev–Trinajstić information content (AvgIpc) is 3.26. The number of ether oxygens (including phenoxy) is 2. The molecular weight excluding hydrogens is 699 g/mol. The van der Waals surface area contributed by atoms with Gasteiger partial charge < -0.3 is 14.0 Å². The molecule has 0 radical (unpaired) electrons. The molecule has 0 saturated carbocycles. The van der Waals surface area contributed by atoms with Crippen molar-refractivity contribution in [2.45, 2.75) is 60.8 Å². The highest BCUT2D eigenvalue weighted by Gasteiger charge is 2.33. The lowest BCUT2D eigenvalue weighted by Gasteiger charge is -2.25. The number of anilines is 1. The maximum absolute atomic E-state index is 14.4. The van der Waals surface area contributed by atoms with Crippen molar-refractivity contribution in [3.63, 3.8) is 0 Å². The number of alkyl halides is 2. The van der Waals surface area contributed by atoms with Crippen LogP contribution in [0.2, 0.25) is 25.7 Å². The van der Waals surface area contributed by atoms with E-state index in [1.807, 2.05) is 31.2 Å². The first-order chi connectivity index (χ1) is 18.0. The van der Waals surface area contributed by atoms with E-state index in [0.717, 1.165) is 28.3 Å². The third-order valence-electron chi connectivity index (χ3n) is 6.07. The summed E-state index contributed by atoms with van der Waals surface area (Å²) in [4.78, 5) is 0.179. The normalized spacial score (nSPS) is 12.2. The minimum Gasteiger partial charge on any atom is -0.377 e. The predicted molar refractivity (Wildman–Crippen MR) is 167 cm³/mol. The van der Waals surface area contributed by atoms with Crippen LogP contribution in [0.25, 0.3) is 11.1 Å². The van der Waals surface area contributed by atoms with Crippen molar-refractivity contribution < 1.29 is 22.4 Å². The minimum absolute atomic E-state index is 0.148. The van der Waals surface area contributed by atoms with Gasteiger partial charge in [-0.1, -0.05) is 99.7 Å². The number of rotatable bonds is 14. The molecule has 0 amide bonds. The van der Waals surface area contributed by atoms with Gasteiger partial charge in [-0.05, 0) is 42.6 Å². The minimum atomic E-state index is -4.08. The van der Waals surface area contributed by atoms with Gasteiger partial charge >= 0.3 is 0 Å². The summed E-state index contributed by atoms with van der Waals surface area (Å²) in [6.45, 7) is 11.8. The van der Waals surface area contributed by atoms with Crippen LogP contribution in [0.4, 0.5) is 5.82 Å². The Morgan fingerprint density at radius 1 is 1.11 bits per heavy atom. The second kappa shape index (κ2) is 13.9. The highest BCUT2D eigenvalue weighted by atomic mass is 127. The number of benzene rings is 2. The lowest BCUT2D eigenvalue weighted by atomic mass is 9.98. The molecule has 208 valence electrons. The zero-order valence-corrected chi connectivity index (χ0v) is 28.2. The van der Waals surface area contributed by atoms with E-state index in [-0.39, 0.29) is 17.4 Å². The maximum Gasteiger partial charge on any atom is 0.268 e. The second-order valence-electron chi connectivity index (χ2n) is 10.1. The topological polar surface area (TPSA) is 81.9 Å². The van der Waals surface area contributed by atoms with E-state index in [0.29, 0.717) is 40.9 Å². The van der Waals surface area contributed by atoms with Gasteiger partial charge in [-0.25, -0.2) is 12.7 Å². The molecule has 3 rings (SSSR count). The predicted octanol–water partition coefficient (Wildman–Crippen LogP) is 7.52. The zero-order valence-electron chi connectivity index (χ0n) is 22.6.